The van der Waals surface area contributed by atoms with Crippen LogP contribution in [0.1, 0.15) is 27.0 Å². The number of nitrogens with zero attached hydrogens (tertiary/aromatic N) is 2. The van der Waals surface area contributed by atoms with Crippen molar-refractivity contribution < 1.29 is 17.6 Å². The van der Waals surface area contributed by atoms with E-state index in [1.54, 1.807) is 36.7 Å². The molecular weight excluding hydrogens is 465 g/mol. The van der Waals surface area contributed by atoms with Crippen molar-refractivity contribution >= 4 is 27.3 Å². The van der Waals surface area contributed by atoms with Crippen LogP contribution in [0.25, 0.3) is 0 Å². The van der Waals surface area contributed by atoms with Gasteiger partial charge in [-0.3, -0.25) is 14.1 Å². The predicted molar refractivity (Wildman–Crippen MR) is 135 cm³/mol. The van der Waals surface area contributed by atoms with E-state index in [2.05, 4.69) is 10.3 Å². The van der Waals surface area contributed by atoms with Gasteiger partial charge in [0.15, 0.2) is 0 Å². The Bertz CT molecular complexity index is 1410. The second-order valence-electron chi connectivity index (χ2n) is 8.13. The van der Waals surface area contributed by atoms with Crippen LogP contribution in [0.3, 0.4) is 0 Å². The Morgan fingerprint density at radius 3 is 2.14 bits per heavy atom. The lowest BCUT2D eigenvalue weighted by atomic mass is 10.1. The Kier molecular flexibility index (Phi) is 7.22. The summed E-state index contributed by atoms with van der Waals surface area (Å²) in [6.45, 7) is 0.0170. The summed E-state index contributed by atoms with van der Waals surface area (Å²) in [7, 11) is -3.64. The van der Waals surface area contributed by atoms with Crippen molar-refractivity contribution in [2.45, 2.75) is 13.0 Å². The van der Waals surface area contributed by atoms with Gasteiger partial charge in [-0.25, -0.2) is 12.8 Å². The van der Waals surface area contributed by atoms with E-state index in [0.717, 1.165) is 28.1 Å². The predicted octanol–water partition coefficient (Wildman–Crippen LogP) is 5.03. The quantitative estimate of drug-likeness (QED) is 0.377. The van der Waals surface area contributed by atoms with Gasteiger partial charge in [0.2, 0.25) is 10.0 Å². The molecule has 0 aliphatic heterocycles. The fourth-order valence-electron chi connectivity index (χ4n) is 3.60. The zero-order valence-electron chi connectivity index (χ0n) is 19.1. The highest BCUT2D eigenvalue weighted by atomic mass is 32.2. The molecule has 6 nitrogen and oxygen atoms in total. The maximum absolute atomic E-state index is 13.6. The molecule has 8 heteroatoms. The average Bonchev–Trinajstić information content (AvgIpc) is 2.84. The monoisotopic (exact) mass is 489 g/mol. The number of halogens is 1. The average molecular weight is 490 g/mol. The van der Waals surface area contributed by atoms with Gasteiger partial charge in [0, 0.05) is 23.6 Å². The van der Waals surface area contributed by atoms with Gasteiger partial charge in [-0.15, -0.1) is 0 Å². The number of carbonyl (C=O) groups excluding carboxylic acids is 1. The number of benzene rings is 3. The minimum atomic E-state index is -3.64. The molecular formula is C27H24FN3O3S. The molecule has 0 bridgehead atoms. The summed E-state index contributed by atoms with van der Waals surface area (Å²) in [5.74, 6) is -0.794. The summed E-state index contributed by atoms with van der Waals surface area (Å²) < 4.78 is 39.3. The highest BCUT2D eigenvalue weighted by molar-refractivity contribution is 7.92. The van der Waals surface area contributed by atoms with Gasteiger partial charge in [0.05, 0.1) is 18.5 Å². The van der Waals surface area contributed by atoms with Crippen LogP contribution in [0.4, 0.5) is 15.8 Å². The maximum Gasteiger partial charge on any atom is 0.255 e. The van der Waals surface area contributed by atoms with Crippen molar-refractivity contribution in [3.05, 3.63) is 125 Å². The molecule has 0 spiro atoms. The van der Waals surface area contributed by atoms with E-state index in [1.165, 1.54) is 24.3 Å². The summed E-state index contributed by atoms with van der Waals surface area (Å²) in [6, 6.07) is 23.6. The largest absolute Gasteiger partial charge is 0.322 e. The van der Waals surface area contributed by atoms with Gasteiger partial charge in [-0.05, 0) is 77.7 Å². The molecule has 0 aliphatic carbocycles. The van der Waals surface area contributed by atoms with Crippen molar-refractivity contribution in [2.75, 3.05) is 15.9 Å². The summed E-state index contributed by atoms with van der Waals surface area (Å²) >= 11 is 0. The van der Waals surface area contributed by atoms with Crippen LogP contribution in [0.5, 0.6) is 0 Å². The molecule has 3 aromatic carbocycles. The summed E-state index contributed by atoms with van der Waals surface area (Å²) in [5.41, 5.74) is 4.28. The third-order valence-electron chi connectivity index (χ3n) is 5.41. The molecule has 1 N–H and O–H groups in total. The Hall–Kier alpha value is -4.04. The fraction of sp³-hybridized carbons (Fsp3) is 0.111. The lowest BCUT2D eigenvalue weighted by Gasteiger charge is -2.22. The zero-order chi connectivity index (χ0) is 24.8. The molecule has 4 rings (SSSR count). The Balaban J connectivity index is 1.41. The smallest absolute Gasteiger partial charge is 0.255 e. The van der Waals surface area contributed by atoms with Gasteiger partial charge in [-0.2, -0.15) is 0 Å². The first-order chi connectivity index (χ1) is 16.8. The van der Waals surface area contributed by atoms with Gasteiger partial charge in [-0.1, -0.05) is 30.3 Å². The van der Waals surface area contributed by atoms with Crippen LogP contribution >= 0.6 is 0 Å². The molecule has 1 amide bonds. The molecule has 178 valence electrons. The van der Waals surface area contributed by atoms with Crippen LogP contribution in [0.2, 0.25) is 0 Å². The second kappa shape index (κ2) is 10.5. The molecule has 0 atom stereocenters. The minimum absolute atomic E-state index is 0.0170. The van der Waals surface area contributed by atoms with E-state index in [9.17, 15) is 17.6 Å². The van der Waals surface area contributed by atoms with Crippen LogP contribution in [0, 0.1) is 5.82 Å². The number of sulfonamides is 1. The van der Waals surface area contributed by atoms with E-state index in [0.29, 0.717) is 16.8 Å². The van der Waals surface area contributed by atoms with E-state index < -0.39 is 15.8 Å². The number of rotatable bonds is 8. The Morgan fingerprint density at radius 2 is 1.51 bits per heavy atom. The maximum atomic E-state index is 13.6. The van der Waals surface area contributed by atoms with E-state index in [1.807, 2.05) is 36.4 Å². The number of nitrogens with one attached hydrogen (secondary N) is 1. The van der Waals surface area contributed by atoms with Crippen LogP contribution < -0.4 is 9.62 Å². The van der Waals surface area contributed by atoms with Crippen molar-refractivity contribution in [3.63, 3.8) is 0 Å². The summed E-state index contributed by atoms with van der Waals surface area (Å²) in [5, 5.41) is 2.87. The number of hydrogen-bond acceptors (Lipinski definition) is 4. The van der Waals surface area contributed by atoms with Crippen LogP contribution in [-0.4, -0.2) is 25.6 Å². The van der Waals surface area contributed by atoms with Crippen LogP contribution in [0.15, 0.2) is 97.3 Å². The molecule has 0 fully saturated rings. The standard InChI is InChI=1S/C27H24FN3O3S/c1-35(33,34)31(26-4-2-3-24(28)18-26)19-22-5-9-23(10-6-22)27(32)30-25-11-7-20(8-12-25)17-21-13-15-29-16-14-21/h2-16,18H,17,19H2,1H3,(H,30,32). The van der Waals surface area contributed by atoms with E-state index in [-0.39, 0.29) is 18.1 Å². The van der Waals surface area contributed by atoms with Crippen LogP contribution in [-0.2, 0) is 23.0 Å². The number of carbonyl (C=O) groups is 1. The summed E-state index contributed by atoms with van der Waals surface area (Å²) in [6.07, 6.45) is 5.37. The molecule has 1 aromatic heterocycles. The van der Waals surface area contributed by atoms with Crippen molar-refractivity contribution in [3.8, 4) is 0 Å². The fourth-order valence-corrected chi connectivity index (χ4v) is 4.48. The number of aromatic nitrogens is 1. The lowest BCUT2D eigenvalue weighted by Crippen LogP contribution is -2.29. The van der Waals surface area contributed by atoms with E-state index in [4.69, 9.17) is 0 Å². The highest BCUT2D eigenvalue weighted by Gasteiger charge is 2.18. The lowest BCUT2D eigenvalue weighted by molar-refractivity contribution is 0.102. The molecule has 0 radical (unpaired) electrons. The first-order valence-corrected chi connectivity index (χ1v) is 12.7. The molecule has 1 heterocycles. The number of amides is 1. The van der Waals surface area contributed by atoms with E-state index >= 15 is 0 Å². The Labute approximate surface area is 204 Å². The first-order valence-electron chi connectivity index (χ1n) is 10.9. The van der Waals surface area contributed by atoms with Crippen molar-refractivity contribution in [1.82, 2.24) is 4.98 Å². The first kappa shape index (κ1) is 24.1. The number of pyridine rings is 1. The van der Waals surface area contributed by atoms with Gasteiger partial charge in [0.1, 0.15) is 5.82 Å². The molecule has 0 unspecified atom stereocenters. The van der Waals surface area contributed by atoms with Gasteiger partial charge in [0.25, 0.3) is 5.91 Å². The molecule has 0 saturated heterocycles. The Morgan fingerprint density at radius 1 is 0.886 bits per heavy atom. The zero-order valence-corrected chi connectivity index (χ0v) is 19.9. The summed E-state index contributed by atoms with van der Waals surface area (Å²) in [4.78, 5) is 16.7. The molecule has 0 saturated carbocycles. The van der Waals surface area contributed by atoms with Gasteiger partial charge < -0.3 is 5.32 Å². The molecule has 0 aliphatic rings. The third-order valence-corrected chi connectivity index (χ3v) is 6.55. The third kappa shape index (κ3) is 6.51. The van der Waals surface area contributed by atoms with Crippen molar-refractivity contribution in [1.29, 1.82) is 0 Å². The number of hydrogen-bond donors (Lipinski definition) is 1. The molecule has 4 aromatic rings. The normalized spacial score (nSPS) is 11.1. The molecule has 35 heavy (non-hydrogen) atoms. The van der Waals surface area contributed by atoms with Gasteiger partial charge >= 0.3 is 0 Å². The highest BCUT2D eigenvalue weighted by Crippen LogP contribution is 2.22. The topological polar surface area (TPSA) is 79.4 Å². The second-order valence-corrected chi connectivity index (χ2v) is 10.0. The SMILES string of the molecule is CS(=O)(=O)N(Cc1ccc(C(=O)Nc2ccc(Cc3ccncc3)cc2)cc1)c1cccc(F)c1. The van der Waals surface area contributed by atoms with Crippen molar-refractivity contribution in [2.24, 2.45) is 0 Å². The number of anilines is 2. The minimum Gasteiger partial charge on any atom is -0.322 e.